The Bertz CT molecular complexity index is 462. The van der Waals surface area contributed by atoms with E-state index in [2.05, 4.69) is 42.0 Å². The molecule has 0 saturated carbocycles. The first-order valence-electron chi connectivity index (χ1n) is 6.35. The number of primary amides is 1. The molecule has 0 aliphatic heterocycles. The monoisotopic (exact) mass is 327 g/mol. The molecule has 1 aromatic rings. The lowest BCUT2D eigenvalue weighted by Crippen LogP contribution is -2.44. The second-order valence-corrected chi connectivity index (χ2v) is 6.46. The van der Waals surface area contributed by atoms with Crippen molar-refractivity contribution >= 4 is 27.5 Å². The molecular weight excluding hydrogens is 306 g/mol. The maximum Gasteiger partial charge on any atom is 0.250 e. The Kier molecular flexibility index (Phi) is 5.38. The molecule has 4 nitrogen and oxygen atoms in total. The van der Waals surface area contributed by atoms with Crippen molar-refractivity contribution in [3.05, 3.63) is 28.2 Å². The number of benzene rings is 1. The molecule has 5 heteroatoms. The summed E-state index contributed by atoms with van der Waals surface area (Å²) in [5.41, 5.74) is 12.2. The van der Waals surface area contributed by atoms with Gasteiger partial charge >= 0.3 is 0 Å². The Labute approximate surface area is 123 Å². The highest BCUT2D eigenvalue weighted by molar-refractivity contribution is 9.10. The van der Waals surface area contributed by atoms with Gasteiger partial charge in [0.15, 0.2) is 0 Å². The number of nitrogens with two attached hydrogens (primary N) is 2. The van der Waals surface area contributed by atoms with Gasteiger partial charge in [-0.05, 0) is 37.5 Å². The van der Waals surface area contributed by atoms with Crippen LogP contribution in [0.1, 0.15) is 37.6 Å². The van der Waals surface area contributed by atoms with E-state index in [1.54, 1.807) is 12.1 Å². The lowest BCUT2D eigenvalue weighted by atomic mass is 9.90. The van der Waals surface area contributed by atoms with Crippen LogP contribution in [0.25, 0.3) is 0 Å². The molecule has 0 bridgehead atoms. The number of hydrogen-bond donors (Lipinski definition) is 3. The fraction of sp³-hybridized carbons (Fsp3) is 0.500. The van der Waals surface area contributed by atoms with Gasteiger partial charge in [0, 0.05) is 22.2 Å². The Morgan fingerprint density at radius 1 is 1.47 bits per heavy atom. The third-order valence-corrected chi connectivity index (χ3v) is 3.49. The number of nitrogens with one attached hydrogen (secondary N) is 1. The molecule has 1 rings (SSSR count). The molecule has 5 N–H and O–H groups in total. The Hall–Kier alpha value is -1.07. The molecule has 1 atom stereocenters. The largest absolute Gasteiger partial charge is 0.378 e. The molecule has 0 spiro atoms. The van der Waals surface area contributed by atoms with Crippen molar-refractivity contribution in [2.75, 3.05) is 11.9 Å². The summed E-state index contributed by atoms with van der Waals surface area (Å²) < 4.78 is 0.893. The summed E-state index contributed by atoms with van der Waals surface area (Å²) in [7, 11) is 0. The predicted octanol–water partition coefficient (Wildman–Crippen LogP) is 2.72. The Morgan fingerprint density at radius 3 is 2.58 bits per heavy atom. The average molecular weight is 328 g/mol. The molecule has 19 heavy (non-hydrogen) atoms. The third-order valence-electron chi connectivity index (χ3n) is 2.99. The summed E-state index contributed by atoms with van der Waals surface area (Å²) in [5, 5.41) is 3.37. The smallest absolute Gasteiger partial charge is 0.250 e. The van der Waals surface area contributed by atoms with Gasteiger partial charge in [0.05, 0.1) is 5.56 Å². The first-order valence-corrected chi connectivity index (χ1v) is 7.14. The van der Waals surface area contributed by atoms with Crippen molar-refractivity contribution in [1.29, 1.82) is 0 Å². The van der Waals surface area contributed by atoms with Crippen LogP contribution in [-0.2, 0) is 0 Å². The van der Waals surface area contributed by atoms with E-state index >= 15 is 0 Å². The molecule has 1 aromatic carbocycles. The zero-order chi connectivity index (χ0) is 14.6. The highest BCUT2D eigenvalue weighted by Gasteiger charge is 2.25. The quantitative estimate of drug-likeness (QED) is 0.751. The second-order valence-electron chi connectivity index (χ2n) is 5.54. The van der Waals surface area contributed by atoms with E-state index < -0.39 is 5.91 Å². The molecule has 106 valence electrons. The Morgan fingerprint density at radius 2 is 2.11 bits per heavy atom. The zero-order valence-corrected chi connectivity index (χ0v) is 13.3. The summed E-state index contributed by atoms with van der Waals surface area (Å²) in [6.07, 6.45) is 0.911. The van der Waals surface area contributed by atoms with Gasteiger partial charge in [0.2, 0.25) is 0 Å². The third kappa shape index (κ3) is 4.51. The molecular formula is C14H22BrN3O. The topological polar surface area (TPSA) is 81.1 Å². The number of carbonyl (C=O) groups excluding carboxylic acids is 1. The molecule has 0 heterocycles. The van der Waals surface area contributed by atoms with Crippen molar-refractivity contribution in [2.45, 2.75) is 32.7 Å². The molecule has 0 aromatic heterocycles. The van der Waals surface area contributed by atoms with E-state index in [4.69, 9.17) is 11.5 Å². The van der Waals surface area contributed by atoms with Crippen LogP contribution >= 0.6 is 15.9 Å². The number of hydrogen-bond acceptors (Lipinski definition) is 3. The van der Waals surface area contributed by atoms with Crippen molar-refractivity contribution in [1.82, 2.24) is 0 Å². The molecule has 0 aliphatic carbocycles. The summed E-state index contributed by atoms with van der Waals surface area (Å²) in [6.45, 7) is 6.82. The Balaban J connectivity index is 3.08. The molecule has 0 aliphatic rings. The number of amides is 1. The van der Waals surface area contributed by atoms with Crippen LogP contribution < -0.4 is 16.8 Å². The van der Waals surface area contributed by atoms with Crippen LogP contribution in [0.5, 0.6) is 0 Å². The normalized spacial score (nSPS) is 14.2. The zero-order valence-electron chi connectivity index (χ0n) is 11.7. The fourth-order valence-electron chi connectivity index (χ4n) is 2.25. The van der Waals surface area contributed by atoms with Gasteiger partial charge in [0.25, 0.3) is 5.91 Å². The summed E-state index contributed by atoms with van der Waals surface area (Å²) in [4.78, 5) is 11.5. The summed E-state index contributed by atoms with van der Waals surface area (Å²) in [6, 6.07) is 5.36. The van der Waals surface area contributed by atoms with E-state index in [9.17, 15) is 4.79 Å². The molecule has 1 unspecified atom stereocenters. The standard InChI is InChI=1S/C14H22BrN3O/c1-9(2)7-14(3,8-16)18-12-6-10(15)4-5-11(12)13(17)19/h4-6,9,18H,7-8,16H2,1-3H3,(H2,17,19). The van der Waals surface area contributed by atoms with Crippen LogP contribution in [0.15, 0.2) is 22.7 Å². The molecule has 0 fully saturated rings. The minimum Gasteiger partial charge on any atom is -0.378 e. The van der Waals surface area contributed by atoms with E-state index in [0.29, 0.717) is 18.0 Å². The second kappa shape index (κ2) is 6.39. The lowest BCUT2D eigenvalue weighted by Gasteiger charge is -2.33. The van der Waals surface area contributed by atoms with E-state index in [1.807, 2.05) is 6.07 Å². The number of rotatable bonds is 6. The van der Waals surface area contributed by atoms with Gasteiger partial charge in [-0.1, -0.05) is 29.8 Å². The first-order chi connectivity index (χ1) is 8.77. The van der Waals surface area contributed by atoms with Crippen molar-refractivity contribution < 1.29 is 4.79 Å². The van der Waals surface area contributed by atoms with E-state index in [-0.39, 0.29) is 5.54 Å². The summed E-state index contributed by atoms with van der Waals surface area (Å²) in [5.74, 6) is 0.0594. The van der Waals surface area contributed by atoms with Gasteiger partial charge in [-0.25, -0.2) is 0 Å². The van der Waals surface area contributed by atoms with Gasteiger partial charge in [-0.2, -0.15) is 0 Å². The molecule has 1 amide bonds. The maximum atomic E-state index is 11.5. The van der Waals surface area contributed by atoms with Gasteiger partial charge in [0.1, 0.15) is 0 Å². The fourth-order valence-corrected chi connectivity index (χ4v) is 2.61. The minimum absolute atomic E-state index is 0.265. The van der Waals surface area contributed by atoms with Crippen molar-refractivity contribution in [3.63, 3.8) is 0 Å². The van der Waals surface area contributed by atoms with Crippen molar-refractivity contribution in [2.24, 2.45) is 17.4 Å². The maximum absolute atomic E-state index is 11.5. The van der Waals surface area contributed by atoms with Crippen LogP contribution in [0.2, 0.25) is 0 Å². The SMILES string of the molecule is CC(C)CC(C)(CN)Nc1cc(Br)ccc1C(N)=O. The van der Waals surface area contributed by atoms with Crippen molar-refractivity contribution in [3.8, 4) is 0 Å². The first kappa shape index (κ1) is 16.0. The summed E-state index contributed by atoms with van der Waals surface area (Å²) >= 11 is 3.40. The van der Waals surface area contributed by atoms with Crippen LogP contribution in [0, 0.1) is 5.92 Å². The number of halogens is 1. The highest BCUT2D eigenvalue weighted by atomic mass is 79.9. The van der Waals surface area contributed by atoms with E-state index in [1.165, 1.54) is 0 Å². The number of carbonyl (C=O) groups is 1. The highest BCUT2D eigenvalue weighted by Crippen LogP contribution is 2.27. The van der Waals surface area contributed by atoms with Crippen LogP contribution in [0.3, 0.4) is 0 Å². The minimum atomic E-state index is -0.445. The molecule has 0 radical (unpaired) electrons. The van der Waals surface area contributed by atoms with Gasteiger partial charge < -0.3 is 16.8 Å². The van der Waals surface area contributed by atoms with Crippen LogP contribution in [-0.4, -0.2) is 18.0 Å². The molecule has 0 saturated heterocycles. The number of anilines is 1. The van der Waals surface area contributed by atoms with E-state index in [0.717, 1.165) is 16.6 Å². The van der Waals surface area contributed by atoms with Crippen LogP contribution in [0.4, 0.5) is 5.69 Å². The average Bonchev–Trinajstić information content (AvgIpc) is 2.27. The predicted molar refractivity (Wildman–Crippen MR) is 83.2 cm³/mol. The van der Waals surface area contributed by atoms with Gasteiger partial charge in [-0.3, -0.25) is 4.79 Å². The lowest BCUT2D eigenvalue weighted by molar-refractivity contribution is 0.100. The van der Waals surface area contributed by atoms with Gasteiger partial charge in [-0.15, -0.1) is 0 Å².